The summed E-state index contributed by atoms with van der Waals surface area (Å²) in [6.07, 6.45) is 5.10. The van der Waals surface area contributed by atoms with E-state index in [0.29, 0.717) is 11.5 Å². The Bertz CT molecular complexity index is 185. The van der Waals surface area contributed by atoms with Crippen LogP contribution in [0.1, 0.15) is 33.6 Å². The monoisotopic (exact) mass is 166 g/mol. The van der Waals surface area contributed by atoms with Crippen LogP contribution < -0.4 is 0 Å². The van der Waals surface area contributed by atoms with Gasteiger partial charge in [0.15, 0.2) is 0 Å². The van der Waals surface area contributed by atoms with Gasteiger partial charge in [0.2, 0.25) is 0 Å². The van der Waals surface area contributed by atoms with Gasteiger partial charge >= 0.3 is 0 Å². The van der Waals surface area contributed by atoms with Crippen molar-refractivity contribution in [3.05, 3.63) is 23.8 Å². The molecule has 0 aliphatic heterocycles. The molecule has 0 N–H and O–H groups in total. The van der Waals surface area contributed by atoms with Crippen LogP contribution in [0.2, 0.25) is 0 Å². The zero-order chi connectivity index (χ0) is 9.56. The molecule has 0 heterocycles. The topological polar surface area (TPSA) is 17.1 Å². The molecule has 0 aromatic carbocycles. The van der Waals surface area contributed by atoms with E-state index in [-0.39, 0.29) is 0 Å². The van der Waals surface area contributed by atoms with E-state index in [1.807, 2.05) is 6.92 Å². The first-order valence-corrected chi connectivity index (χ1v) is 4.35. The SMILES string of the molecule is C=C(C=O)[C@H](C)CCC=C(C)C. The van der Waals surface area contributed by atoms with Crippen molar-refractivity contribution in [1.82, 2.24) is 0 Å². The molecule has 0 spiro atoms. The molecule has 0 fully saturated rings. The molecular weight excluding hydrogens is 148 g/mol. The fraction of sp³-hybridized carbons (Fsp3) is 0.545. The minimum atomic E-state index is 0.318. The molecule has 0 saturated heterocycles. The second-order valence-corrected chi connectivity index (χ2v) is 3.45. The van der Waals surface area contributed by atoms with Crippen LogP contribution >= 0.6 is 0 Å². The van der Waals surface area contributed by atoms with Crippen LogP contribution in [-0.4, -0.2) is 6.29 Å². The van der Waals surface area contributed by atoms with Gasteiger partial charge in [-0.1, -0.05) is 25.2 Å². The fourth-order valence-corrected chi connectivity index (χ4v) is 0.924. The number of aldehydes is 1. The molecule has 0 saturated carbocycles. The van der Waals surface area contributed by atoms with Crippen molar-refractivity contribution >= 4 is 6.29 Å². The van der Waals surface area contributed by atoms with Gasteiger partial charge in [-0.25, -0.2) is 0 Å². The molecule has 0 aromatic rings. The van der Waals surface area contributed by atoms with E-state index < -0.39 is 0 Å². The molecular formula is C11H18O. The first-order valence-electron chi connectivity index (χ1n) is 4.35. The predicted molar refractivity (Wildman–Crippen MR) is 53.0 cm³/mol. The first kappa shape index (κ1) is 11.2. The Kier molecular flexibility index (Phi) is 5.35. The molecule has 68 valence electrons. The highest BCUT2D eigenvalue weighted by molar-refractivity contribution is 5.72. The van der Waals surface area contributed by atoms with Crippen LogP contribution in [0.4, 0.5) is 0 Å². The molecule has 1 heteroatoms. The number of hydrogen-bond acceptors (Lipinski definition) is 1. The molecule has 1 nitrogen and oxygen atoms in total. The fourth-order valence-electron chi connectivity index (χ4n) is 0.924. The first-order chi connectivity index (χ1) is 5.57. The molecule has 0 amide bonds. The number of allylic oxidation sites excluding steroid dienone is 3. The smallest absolute Gasteiger partial charge is 0.145 e. The van der Waals surface area contributed by atoms with Gasteiger partial charge in [-0.3, -0.25) is 4.79 Å². The summed E-state index contributed by atoms with van der Waals surface area (Å²) in [7, 11) is 0. The third-order valence-corrected chi connectivity index (χ3v) is 1.94. The molecule has 1 atom stereocenters. The number of hydrogen-bond donors (Lipinski definition) is 0. The minimum Gasteiger partial charge on any atom is -0.298 e. The molecule has 0 radical (unpaired) electrons. The van der Waals surface area contributed by atoms with Crippen LogP contribution in [0.25, 0.3) is 0 Å². The number of rotatable bonds is 5. The Labute approximate surface area is 75.2 Å². The summed E-state index contributed by atoms with van der Waals surface area (Å²) in [4.78, 5) is 10.3. The lowest BCUT2D eigenvalue weighted by Crippen LogP contribution is -1.98. The highest BCUT2D eigenvalue weighted by Crippen LogP contribution is 2.13. The van der Waals surface area contributed by atoms with Crippen molar-refractivity contribution in [2.45, 2.75) is 33.6 Å². The van der Waals surface area contributed by atoms with Crippen molar-refractivity contribution in [3.8, 4) is 0 Å². The normalized spacial score (nSPS) is 11.9. The van der Waals surface area contributed by atoms with Crippen LogP contribution in [0.3, 0.4) is 0 Å². The van der Waals surface area contributed by atoms with Gasteiger partial charge in [0.1, 0.15) is 6.29 Å². The standard InChI is InChI=1S/C11H18O/c1-9(2)6-5-7-10(3)11(4)8-12/h6,8,10H,4-5,7H2,1-3H3/t10-/m1/s1. The van der Waals surface area contributed by atoms with Crippen molar-refractivity contribution in [2.75, 3.05) is 0 Å². The summed E-state index contributed by atoms with van der Waals surface area (Å²) in [5.41, 5.74) is 2.04. The van der Waals surface area contributed by atoms with E-state index in [0.717, 1.165) is 19.1 Å². The lowest BCUT2D eigenvalue weighted by atomic mass is 9.98. The van der Waals surface area contributed by atoms with Crippen molar-refractivity contribution in [1.29, 1.82) is 0 Å². The Morgan fingerprint density at radius 1 is 1.50 bits per heavy atom. The molecule has 0 unspecified atom stereocenters. The molecule has 0 bridgehead atoms. The Balaban J connectivity index is 3.71. The largest absolute Gasteiger partial charge is 0.298 e. The number of carbonyl (C=O) groups is 1. The van der Waals surface area contributed by atoms with Crippen LogP contribution in [0.15, 0.2) is 23.8 Å². The van der Waals surface area contributed by atoms with E-state index in [1.54, 1.807) is 0 Å². The summed E-state index contributed by atoms with van der Waals surface area (Å²) in [6, 6.07) is 0. The van der Waals surface area contributed by atoms with Crippen molar-refractivity contribution in [2.24, 2.45) is 5.92 Å². The average Bonchev–Trinajstić information content (AvgIpc) is 2.02. The van der Waals surface area contributed by atoms with E-state index >= 15 is 0 Å². The zero-order valence-electron chi connectivity index (χ0n) is 8.26. The van der Waals surface area contributed by atoms with Gasteiger partial charge < -0.3 is 0 Å². The maximum absolute atomic E-state index is 10.3. The van der Waals surface area contributed by atoms with E-state index in [1.165, 1.54) is 5.57 Å². The molecule has 12 heavy (non-hydrogen) atoms. The van der Waals surface area contributed by atoms with Crippen LogP contribution in [-0.2, 0) is 4.79 Å². The highest BCUT2D eigenvalue weighted by Gasteiger charge is 2.03. The van der Waals surface area contributed by atoms with E-state index in [9.17, 15) is 4.79 Å². The lowest BCUT2D eigenvalue weighted by molar-refractivity contribution is -0.105. The molecule has 0 aliphatic carbocycles. The Morgan fingerprint density at radius 3 is 2.50 bits per heavy atom. The highest BCUT2D eigenvalue weighted by atomic mass is 16.1. The van der Waals surface area contributed by atoms with Gasteiger partial charge in [0.25, 0.3) is 0 Å². The zero-order valence-corrected chi connectivity index (χ0v) is 8.26. The molecule has 0 aliphatic rings. The minimum absolute atomic E-state index is 0.318. The van der Waals surface area contributed by atoms with E-state index in [4.69, 9.17) is 0 Å². The summed E-state index contributed by atoms with van der Waals surface area (Å²) >= 11 is 0. The van der Waals surface area contributed by atoms with Crippen LogP contribution in [0.5, 0.6) is 0 Å². The predicted octanol–water partition coefficient (Wildman–Crippen LogP) is 3.12. The van der Waals surface area contributed by atoms with E-state index in [2.05, 4.69) is 26.5 Å². The van der Waals surface area contributed by atoms with Crippen LogP contribution in [0, 0.1) is 5.92 Å². The van der Waals surface area contributed by atoms with Crippen molar-refractivity contribution < 1.29 is 4.79 Å². The maximum atomic E-state index is 10.3. The third-order valence-electron chi connectivity index (χ3n) is 1.94. The lowest BCUT2D eigenvalue weighted by Gasteiger charge is -2.07. The summed E-state index contributed by atoms with van der Waals surface area (Å²) in [6.45, 7) is 9.88. The van der Waals surface area contributed by atoms with Gasteiger partial charge in [-0.15, -0.1) is 0 Å². The third kappa shape index (κ3) is 4.89. The Hall–Kier alpha value is -0.850. The average molecular weight is 166 g/mol. The molecule has 0 aromatic heterocycles. The quantitative estimate of drug-likeness (QED) is 0.348. The summed E-state index contributed by atoms with van der Waals surface area (Å²) < 4.78 is 0. The second-order valence-electron chi connectivity index (χ2n) is 3.45. The second kappa shape index (κ2) is 5.76. The van der Waals surface area contributed by atoms with Crippen molar-refractivity contribution in [3.63, 3.8) is 0 Å². The van der Waals surface area contributed by atoms with Gasteiger partial charge in [0.05, 0.1) is 0 Å². The number of carbonyl (C=O) groups excluding carboxylic acids is 1. The maximum Gasteiger partial charge on any atom is 0.145 e. The van der Waals surface area contributed by atoms with Gasteiger partial charge in [0, 0.05) is 0 Å². The summed E-state index contributed by atoms with van der Waals surface area (Å²) in [5.74, 6) is 0.318. The van der Waals surface area contributed by atoms with Gasteiger partial charge in [-0.2, -0.15) is 0 Å². The van der Waals surface area contributed by atoms with Gasteiger partial charge in [-0.05, 0) is 38.2 Å². The summed E-state index contributed by atoms with van der Waals surface area (Å²) in [5, 5.41) is 0. The Morgan fingerprint density at radius 2 is 2.08 bits per heavy atom. The molecule has 0 rings (SSSR count).